The average Bonchev–Trinajstić information content (AvgIpc) is 2.97. The van der Waals surface area contributed by atoms with Gasteiger partial charge in [0, 0.05) is 30.8 Å². The molecule has 1 aromatic carbocycles. The van der Waals surface area contributed by atoms with Gasteiger partial charge in [-0.3, -0.25) is 10.1 Å². The molecule has 0 saturated carbocycles. The lowest BCUT2D eigenvalue weighted by Crippen LogP contribution is -2.42. The van der Waals surface area contributed by atoms with E-state index in [1.165, 1.54) is 22.5 Å². The maximum atomic E-state index is 12.9. The van der Waals surface area contributed by atoms with Crippen LogP contribution in [0.15, 0.2) is 23.1 Å². The fourth-order valence-electron chi connectivity index (χ4n) is 2.73. The number of nitro benzene ring substituents is 1. The van der Waals surface area contributed by atoms with Gasteiger partial charge in [0.05, 0.1) is 9.82 Å². The molecular formula is C14H22ClN3O4S. The fourth-order valence-corrected chi connectivity index (χ4v) is 4.57. The second-order valence-corrected chi connectivity index (χ2v) is 7.36. The smallest absolute Gasteiger partial charge is 0.272 e. The molecule has 1 aliphatic heterocycles. The summed E-state index contributed by atoms with van der Waals surface area (Å²) in [6, 6.07) is 3.92. The van der Waals surface area contributed by atoms with Crippen molar-refractivity contribution in [3.05, 3.63) is 33.9 Å². The lowest BCUT2D eigenvalue weighted by atomic mass is 10.2. The van der Waals surface area contributed by atoms with Crippen LogP contribution in [-0.2, 0) is 10.0 Å². The van der Waals surface area contributed by atoms with Crippen molar-refractivity contribution < 1.29 is 13.3 Å². The molecule has 1 aromatic rings. The van der Waals surface area contributed by atoms with E-state index in [1.54, 1.807) is 6.92 Å². The van der Waals surface area contributed by atoms with E-state index in [-0.39, 0.29) is 29.0 Å². The van der Waals surface area contributed by atoms with Crippen molar-refractivity contribution in [2.75, 3.05) is 19.6 Å². The van der Waals surface area contributed by atoms with Crippen molar-refractivity contribution in [3.8, 4) is 0 Å². The summed E-state index contributed by atoms with van der Waals surface area (Å²) in [5.74, 6) is 0. The standard InChI is InChI=1S/C14H21N3O4S.ClH/c1-3-8-16(12-6-7-15-10-12)22(20,21)13-4-5-14(17(18)19)11(2)9-13;/h4-5,9,12,15H,3,6-8,10H2,1-2H3;1H. The first-order valence-electron chi connectivity index (χ1n) is 7.35. The third kappa shape index (κ3) is 4.20. The first-order chi connectivity index (χ1) is 10.4. The Hall–Kier alpha value is -1.22. The minimum atomic E-state index is -3.64. The fraction of sp³-hybridized carbons (Fsp3) is 0.571. The normalized spacial score (nSPS) is 18.0. The average molecular weight is 364 g/mol. The van der Waals surface area contributed by atoms with Gasteiger partial charge in [-0.2, -0.15) is 4.31 Å². The number of nitro groups is 1. The summed E-state index contributed by atoms with van der Waals surface area (Å²) in [6.07, 6.45) is 1.51. The Morgan fingerprint density at radius 2 is 2.13 bits per heavy atom. The van der Waals surface area contributed by atoms with Crippen LogP contribution in [0.4, 0.5) is 5.69 Å². The molecule has 0 aliphatic carbocycles. The van der Waals surface area contributed by atoms with Crippen molar-refractivity contribution >= 4 is 28.1 Å². The van der Waals surface area contributed by atoms with E-state index >= 15 is 0 Å². The van der Waals surface area contributed by atoms with Crippen molar-refractivity contribution in [2.24, 2.45) is 0 Å². The Bertz CT molecular complexity index is 660. The number of sulfonamides is 1. The molecule has 1 atom stereocenters. The zero-order chi connectivity index (χ0) is 16.3. The number of nitrogens with one attached hydrogen (secondary N) is 1. The molecule has 23 heavy (non-hydrogen) atoms. The van der Waals surface area contributed by atoms with Gasteiger partial charge in [0.1, 0.15) is 0 Å². The molecule has 7 nitrogen and oxygen atoms in total. The number of aryl methyl sites for hydroxylation is 1. The SMILES string of the molecule is CCCN(C1CCNC1)S(=O)(=O)c1ccc([N+](=O)[O-])c(C)c1.Cl. The second-order valence-electron chi connectivity index (χ2n) is 5.47. The van der Waals surface area contributed by atoms with E-state index in [0.29, 0.717) is 18.7 Å². The minimum absolute atomic E-state index is 0. The van der Waals surface area contributed by atoms with E-state index in [4.69, 9.17) is 0 Å². The molecule has 0 aromatic heterocycles. The highest BCUT2D eigenvalue weighted by atomic mass is 35.5. The summed E-state index contributed by atoms with van der Waals surface area (Å²) in [5, 5.41) is 14.0. The summed E-state index contributed by atoms with van der Waals surface area (Å²) in [4.78, 5) is 10.5. The maximum Gasteiger partial charge on any atom is 0.272 e. The van der Waals surface area contributed by atoms with E-state index in [1.807, 2.05) is 6.92 Å². The van der Waals surface area contributed by atoms with E-state index in [2.05, 4.69) is 5.32 Å². The van der Waals surface area contributed by atoms with Crippen LogP contribution in [-0.4, -0.2) is 43.3 Å². The van der Waals surface area contributed by atoms with Crippen LogP contribution in [0.3, 0.4) is 0 Å². The Labute approximate surface area is 142 Å². The summed E-state index contributed by atoms with van der Waals surface area (Å²) in [5.41, 5.74) is 0.288. The zero-order valence-electron chi connectivity index (χ0n) is 13.2. The van der Waals surface area contributed by atoms with Gasteiger partial charge in [-0.05, 0) is 38.4 Å². The highest BCUT2D eigenvalue weighted by Gasteiger charge is 2.33. The molecule has 9 heteroatoms. The quantitative estimate of drug-likeness (QED) is 0.617. The molecule has 1 heterocycles. The number of nitrogens with zero attached hydrogens (tertiary/aromatic N) is 2. The first-order valence-corrected chi connectivity index (χ1v) is 8.79. The van der Waals surface area contributed by atoms with Gasteiger partial charge < -0.3 is 5.32 Å². The van der Waals surface area contributed by atoms with E-state index in [0.717, 1.165) is 19.4 Å². The van der Waals surface area contributed by atoms with Gasteiger partial charge in [0.25, 0.3) is 5.69 Å². The van der Waals surface area contributed by atoms with Gasteiger partial charge in [0.15, 0.2) is 0 Å². The summed E-state index contributed by atoms with van der Waals surface area (Å²) >= 11 is 0. The Balaban J connectivity index is 0.00000264. The number of rotatable bonds is 6. The van der Waals surface area contributed by atoms with Crippen LogP contribution in [0.25, 0.3) is 0 Å². The van der Waals surface area contributed by atoms with Crippen LogP contribution in [0.2, 0.25) is 0 Å². The molecule has 1 N–H and O–H groups in total. The number of halogens is 1. The lowest BCUT2D eigenvalue weighted by Gasteiger charge is -2.27. The van der Waals surface area contributed by atoms with Gasteiger partial charge in [-0.1, -0.05) is 6.92 Å². The Morgan fingerprint density at radius 1 is 1.43 bits per heavy atom. The van der Waals surface area contributed by atoms with Gasteiger partial charge in [-0.15, -0.1) is 12.4 Å². The van der Waals surface area contributed by atoms with Gasteiger partial charge in [-0.25, -0.2) is 8.42 Å². The van der Waals surface area contributed by atoms with Crippen molar-refractivity contribution in [1.29, 1.82) is 0 Å². The van der Waals surface area contributed by atoms with Crippen LogP contribution in [0.1, 0.15) is 25.3 Å². The monoisotopic (exact) mass is 363 g/mol. The third-order valence-electron chi connectivity index (χ3n) is 3.86. The van der Waals surface area contributed by atoms with Crippen LogP contribution < -0.4 is 5.32 Å². The van der Waals surface area contributed by atoms with E-state index in [9.17, 15) is 18.5 Å². The lowest BCUT2D eigenvalue weighted by molar-refractivity contribution is -0.385. The number of hydrogen-bond donors (Lipinski definition) is 1. The van der Waals surface area contributed by atoms with Crippen molar-refractivity contribution in [2.45, 2.75) is 37.6 Å². The molecule has 0 amide bonds. The highest BCUT2D eigenvalue weighted by Crippen LogP contribution is 2.26. The molecule has 1 saturated heterocycles. The zero-order valence-corrected chi connectivity index (χ0v) is 14.8. The van der Waals surface area contributed by atoms with Gasteiger partial charge >= 0.3 is 0 Å². The number of hydrogen-bond acceptors (Lipinski definition) is 5. The summed E-state index contributed by atoms with van der Waals surface area (Å²) in [6.45, 7) is 5.39. The number of benzene rings is 1. The third-order valence-corrected chi connectivity index (χ3v) is 5.80. The minimum Gasteiger partial charge on any atom is -0.315 e. The Kier molecular flexibility index (Phi) is 6.94. The molecule has 0 bridgehead atoms. The topological polar surface area (TPSA) is 92.6 Å². The maximum absolute atomic E-state index is 12.9. The largest absolute Gasteiger partial charge is 0.315 e. The predicted molar refractivity (Wildman–Crippen MR) is 90.5 cm³/mol. The predicted octanol–water partition coefficient (Wildman–Crippen LogP) is 2.09. The molecule has 130 valence electrons. The summed E-state index contributed by atoms with van der Waals surface area (Å²) in [7, 11) is -3.64. The molecule has 2 rings (SSSR count). The van der Waals surface area contributed by atoms with Crippen molar-refractivity contribution in [3.63, 3.8) is 0 Å². The van der Waals surface area contributed by atoms with Crippen LogP contribution >= 0.6 is 12.4 Å². The molecule has 1 fully saturated rings. The highest BCUT2D eigenvalue weighted by molar-refractivity contribution is 7.89. The second kappa shape index (κ2) is 8.05. The Morgan fingerprint density at radius 3 is 2.61 bits per heavy atom. The van der Waals surface area contributed by atoms with Crippen LogP contribution in [0.5, 0.6) is 0 Å². The van der Waals surface area contributed by atoms with E-state index < -0.39 is 14.9 Å². The molecule has 0 radical (unpaired) electrons. The molecule has 1 unspecified atom stereocenters. The molecule has 0 spiro atoms. The van der Waals surface area contributed by atoms with Crippen LogP contribution in [0, 0.1) is 17.0 Å². The first kappa shape index (κ1) is 19.8. The van der Waals surface area contributed by atoms with Gasteiger partial charge in [0.2, 0.25) is 10.0 Å². The molecule has 1 aliphatic rings. The van der Waals surface area contributed by atoms with Crippen molar-refractivity contribution in [1.82, 2.24) is 9.62 Å². The summed E-state index contributed by atoms with van der Waals surface area (Å²) < 4.78 is 27.3. The molecular weight excluding hydrogens is 342 g/mol.